The van der Waals surface area contributed by atoms with Gasteiger partial charge in [-0.2, -0.15) is 0 Å². The minimum Gasteiger partial charge on any atom is -0.481 e. The first kappa shape index (κ1) is 31.8. The minimum absolute atomic E-state index is 0.0761. The molecular weight excluding hydrogens is 558 g/mol. The molecule has 0 fully saturated rings. The highest BCUT2D eigenvalue weighted by Gasteiger charge is 2.20. The van der Waals surface area contributed by atoms with Crippen molar-refractivity contribution >= 4 is 17.3 Å². The summed E-state index contributed by atoms with van der Waals surface area (Å²) in [5.41, 5.74) is 7.70. The summed E-state index contributed by atoms with van der Waals surface area (Å²) in [7, 11) is 0. The third kappa shape index (κ3) is 8.10. The monoisotopic (exact) mass is 601 g/mol. The number of pyridine rings is 1. The van der Waals surface area contributed by atoms with Gasteiger partial charge < -0.3 is 14.2 Å². The highest BCUT2D eigenvalue weighted by atomic mass is 16.5. The summed E-state index contributed by atoms with van der Waals surface area (Å²) in [6, 6.07) is 32.4. The van der Waals surface area contributed by atoms with Gasteiger partial charge in [0.05, 0.1) is 5.52 Å². The second-order valence-electron chi connectivity index (χ2n) is 12.8. The first-order valence-corrected chi connectivity index (χ1v) is 16.0. The number of nitrogens with zero attached hydrogens (tertiary/aromatic N) is 1. The summed E-state index contributed by atoms with van der Waals surface area (Å²) in [5, 5.41) is 9.06. The number of ether oxygens (including phenoxy) is 1. The predicted molar refractivity (Wildman–Crippen MR) is 180 cm³/mol. The predicted octanol–water partition coefficient (Wildman–Crippen LogP) is 9.14. The number of hydrogen-bond donors (Lipinski definition) is 1. The fraction of sp³-hybridized carbons (Fsp3) is 0.300. The molecule has 1 N–H and O–H groups in total. The summed E-state index contributed by atoms with van der Waals surface area (Å²) in [5.74, 6) is 0.970. The lowest BCUT2D eigenvalue weighted by Crippen LogP contribution is -2.10. The van der Waals surface area contributed by atoms with E-state index in [1.54, 1.807) is 0 Å². The third-order valence-corrected chi connectivity index (χ3v) is 8.05. The molecule has 0 aliphatic carbocycles. The zero-order valence-corrected chi connectivity index (χ0v) is 26.7. The molecule has 45 heavy (non-hydrogen) atoms. The third-order valence-electron chi connectivity index (χ3n) is 8.05. The Bertz CT molecular complexity index is 1680. The molecule has 0 saturated heterocycles. The van der Waals surface area contributed by atoms with Gasteiger partial charge in [-0.15, -0.1) is 0 Å². The van der Waals surface area contributed by atoms with Crippen molar-refractivity contribution in [2.45, 2.75) is 65.9 Å². The van der Waals surface area contributed by atoms with Crippen LogP contribution in [0.15, 0.2) is 103 Å². The van der Waals surface area contributed by atoms with Gasteiger partial charge >= 0.3 is 5.97 Å². The number of carboxylic acids is 1. The van der Waals surface area contributed by atoms with Crippen LogP contribution in [0.25, 0.3) is 5.52 Å². The fourth-order valence-electron chi connectivity index (χ4n) is 5.92. The number of hydrogen-bond acceptors (Lipinski definition) is 3. The molecule has 0 radical (unpaired) electrons. The van der Waals surface area contributed by atoms with E-state index in [9.17, 15) is 9.59 Å². The number of aromatic nitrogens is 1. The number of aryl methyl sites for hydroxylation is 1. The topological polar surface area (TPSA) is 68.0 Å². The van der Waals surface area contributed by atoms with Crippen LogP contribution in [-0.4, -0.2) is 21.3 Å². The quantitative estimate of drug-likeness (QED) is 0.129. The maximum Gasteiger partial charge on any atom is 0.303 e. The average Bonchev–Trinajstić information content (AvgIpc) is 3.38. The standard InChI is InChI=1S/C40H43NO4/c1-27(2)24-29-11-15-32(16-12-29)40(33-17-13-30(14-18-33)25-28(3)4)45-35-21-19-31(20-22-35)39(44)36-26-34(8-7-10-38(42)43)41-23-6-5-9-37(36)41/h5-6,9,11-23,26-28,40H,7-8,10,24-25H2,1-4H3,(H,42,43). The molecule has 3 aromatic carbocycles. The number of fused-ring (bicyclic) bond motifs is 1. The van der Waals surface area contributed by atoms with Gasteiger partial charge in [0.15, 0.2) is 5.78 Å². The van der Waals surface area contributed by atoms with Crippen LogP contribution in [0.2, 0.25) is 0 Å². The van der Waals surface area contributed by atoms with Crippen molar-refractivity contribution in [2.24, 2.45) is 11.8 Å². The second-order valence-corrected chi connectivity index (χ2v) is 12.8. The van der Waals surface area contributed by atoms with E-state index in [-0.39, 0.29) is 18.3 Å². The molecule has 5 aromatic rings. The summed E-state index contributed by atoms with van der Waals surface area (Å²) in [4.78, 5) is 24.7. The molecule has 0 spiro atoms. The van der Waals surface area contributed by atoms with E-state index in [1.807, 2.05) is 59.1 Å². The lowest BCUT2D eigenvalue weighted by molar-refractivity contribution is -0.137. The van der Waals surface area contributed by atoms with Gasteiger partial charge in [-0.25, -0.2) is 0 Å². The van der Waals surface area contributed by atoms with Crippen molar-refractivity contribution in [3.63, 3.8) is 0 Å². The molecule has 0 aliphatic rings. The second kappa shape index (κ2) is 14.4. The van der Waals surface area contributed by atoms with Crippen molar-refractivity contribution in [3.8, 4) is 5.75 Å². The van der Waals surface area contributed by atoms with Gasteiger partial charge in [-0.05, 0) is 102 Å². The Morgan fingerprint density at radius 3 is 1.87 bits per heavy atom. The number of carbonyl (C=O) groups excluding carboxylic acids is 1. The van der Waals surface area contributed by atoms with Crippen LogP contribution < -0.4 is 4.74 Å². The summed E-state index contributed by atoms with van der Waals surface area (Å²) in [6.45, 7) is 8.92. The molecule has 0 bridgehead atoms. The van der Waals surface area contributed by atoms with Gasteiger partial charge in [-0.1, -0.05) is 82.3 Å². The molecule has 0 aliphatic heterocycles. The molecule has 5 rings (SSSR count). The summed E-state index contributed by atoms with van der Waals surface area (Å²) < 4.78 is 8.63. The Labute approximate surface area is 266 Å². The number of carbonyl (C=O) groups is 2. The van der Waals surface area contributed by atoms with E-state index in [0.29, 0.717) is 41.6 Å². The highest BCUT2D eigenvalue weighted by Crippen LogP contribution is 2.31. The van der Waals surface area contributed by atoms with E-state index in [1.165, 1.54) is 11.1 Å². The van der Waals surface area contributed by atoms with E-state index in [0.717, 1.165) is 35.2 Å². The van der Waals surface area contributed by atoms with E-state index >= 15 is 0 Å². The molecule has 5 heteroatoms. The first-order chi connectivity index (χ1) is 21.7. The van der Waals surface area contributed by atoms with Crippen LogP contribution in [0.5, 0.6) is 5.75 Å². The van der Waals surface area contributed by atoms with Crippen LogP contribution in [0.1, 0.15) is 90.5 Å². The fourth-order valence-corrected chi connectivity index (χ4v) is 5.92. The van der Waals surface area contributed by atoms with Gasteiger partial charge in [0, 0.05) is 29.4 Å². The van der Waals surface area contributed by atoms with Crippen molar-refractivity contribution < 1.29 is 19.4 Å². The Kier molecular flexibility index (Phi) is 10.2. The average molecular weight is 602 g/mol. The molecule has 2 heterocycles. The lowest BCUT2D eigenvalue weighted by Gasteiger charge is -2.21. The SMILES string of the molecule is CC(C)Cc1ccc(C(Oc2ccc(C(=O)c3cc(CCCC(=O)O)n4ccccc34)cc2)c2ccc(CC(C)C)cc2)cc1. The Morgan fingerprint density at radius 1 is 0.756 bits per heavy atom. The normalized spacial score (nSPS) is 11.5. The molecule has 0 unspecified atom stereocenters. The molecule has 0 atom stereocenters. The van der Waals surface area contributed by atoms with Gasteiger partial charge in [-0.3, -0.25) is 9.59 Å². The van der Waals surface area contributed by atoms with Crippen LogP contribution >= 0.6 is 0 Å². The van der Waals surface area contributed by atoms with E-state index in [4.69, 9.17) is 9.84 Å². The molecule has 232 valence electrons. The first-order valence-electron chi connectivity index (χ1n) is 16.0. The molecule has 2 aromatic heterocycles. The maximum atomic E-state index is 13.7. The highest BCUT2D eigenvalue weighted by molar-refractivity contribution is 6.13. The van der Waals surface area contributed by atoms with E-state index in [2.05, 4.69) is 76.2 Å². The molecule has 5 nitrogen and oxygen atoms in total. The number of carboxylic acid groups (broad SMARTS) is 1. The van der Waals surface area contributed by atoms with Gasteiger partial charge in [0.1, 0.15) is 11.9 Å². The largest absolute Gasteiger partial charge is 0.481 e. The number of benzene rings is 3. The molecule has 0 saturated carbocycles. The Hall–Kier alpha value is -4.64. The van der Waals surface area contributed by atoms with E-state index < -0.39 is 5.97 Å². The number of rotatable bonds is 14. The van der Waals surface area contributed by atoms with Crippen molar-refractivity contribution in [1.82, 2.24) is 4.40 Å². The molecular formula is C40H43NO4. The lowest BCUT2D eigenvalue weighted by atomic mass is 9.95. The van der Waals surface area contributed by atoms with Crippen molar-refractivity contribution in [1.29, 1.82) is 0 Å². The number of ketones is 1. The minimum atomic E-state index is -0.817. The number of aliphatic carboxylic acids is 1. The zero-order valence-electron chi connectivity index (χ0n) is 26.7. The maximum absolute atomic E-state index is 13.7. The van der Waals surface area contributed by atoms with Gasteiger partial charge in [0.25, 0.3) is 0 Å². The zero-order chi connectivity index (χ0) is 31.9. The van der Waals surface area contributed by atoms with Crippen molar-refractivity contribution in [3.05, 3.63) is 142 Å². The van der Waals surface area contributed by atoms with Gasteiger partial charge in [0.2, 0.25) is 0 Å². The summed E-state index contributed by atoms with van der Waals surface area (Å²) in [6.07, 6.45) is 4.88. The van der Waals surface area contributed by atoms with Crippen molar-refractivity contribution in [2.75, 3.05) is 0 Å². The Morgan fingerprint density at radius 2 is 1.33 bits per heavy atom. The van der Waals surface area contributed by atoms with Crippen LogP contribution in [0.4, 0.5) is 0 Å². The smallest absolute Gasteiger partial charge is 0.303 e. The van der Waals surface area contributed by atoms with Crippen LogP contribution in [0.3, 0.4) is 0 Å². The van der Waals surface area contributed by atoms with Crippen LogP contribution in [-0.2, 0) is 24.1 Å². The summed E-state index contributed by atoms with van der Waals surface area (Å²) >= 11 is 0. The molecule has 0 amide bonds. The van der Waals surface area contributed by atoms with Crippen LogP contribution in [0, 0.1) is 11.8 Å². The Balaban J connectivity index is 1.39.